The largest absolute Gasteiger partial charge is 0.452 e. The molecule has 0 spiro atoms. The van der Waals surface area contributed by atoms with Crippen LogP contribution in [0.4, 0.5) is 10.5 Å². The van der Waals surface area contributed by atoms with Crippen LogP contribution in [0.3, 0.4) is 0 Å². The molecule has 124 valence electrons. The van der Waals surface area contributed by atoms with Crippen molar-refractivity contribution in [3.05, 3.63) is 39.4 Å². The maximum absolute atomic E-state index is 11.8. The van der Waals surface area contributed by atoms with Crippen LogP contribution < -0.4 is 10.6 Å². The Hall–Kier alpha value is -2.97. The van der Waals surface area contributed by atoms with Crippen molar-refractivity contribution in [3.63, 3.8) is 0 Å². The van der Waals surface area contributed by atoms with Crippen LogP contribution in [0.15, 0.2) is 18.2 Å². The molecule has 0 bridgehead atoms. The molecule has 3 amide bonds. The van der Waals surface area contributed by atoms with Gasteiger partial charge in [-0.15, -0.1) is 0 Å². The van der Waals surface area contributed by atoms with Crippen molar-refractivity contribution in [1.29, 1.82) is 0 Å². The number of benzene rings is 1. The van der Waals surface area contributed by atoms with Gasteiger partial charge < -0.3 is 10.1 Å². The highest BCUT2D eigenvalue weighted by Gasteiger charge is 2.17. The maximum atomic E-state index is 11.8. The number of hydrogen-bond donors (Lipinski definition) is 2. The minimum absolute atomic E-state index is 0.0504. The van der Waals surface area contributed by atoms with E-state index in [4.69, 9.17) is 4.74 Å². The molecule has 0 saturated carbocycles. The van der Waals surface area contributed by atoms with Gasteiger partial charge in [0.05, 0.1) is 10.5 Å². The molecule has 9 nitrogen and oxygen atoms in total. The minimum Gasteiger partial charge on any atom is -0.452 e. The molecule has 1 rings (SSSR count). The molecule has 9 heteroatoms. The first-order chi connectivity index (χ1) is 10.8. The molecular weight excluding hydrogens is 306 g/mol. The van der Waals surface area contributed by atoms with Crippen LogP contribution in [-0.4, -0.2) is 36.0 Å². The lowest BCUT2D eigenvalue weighted by Crippen LogP contribution is -2.41. The molecule has 1 aromatic carbocycles. The number of ether oxygens (including phenoxy) is 1. The molecule has 23 heavy (non-hydrogen) atoms. The number of hydrogen-bond acceptors (Lipinski definition) is 6. The molecule has 0 aromatic heterocycles. The standard InChI is InChI=1S/C14H17N3O6/c1-3-6-15-14(20)16-12(18)8-23-13(19)10-5-4-9(2)11(7-10)17(21)22/h4-5,7H,3,6,8H2,1-2H3,(H2,15,16,18,20). The molecule has 0 fully saturated rings. The van der Waals surface area contributed by atoms with Gasteiger partial charge in [-0.2, -0.15) is 0 Å². The third-order valence-electron chi connectivity index (χ3n) is 2.76. The van der Waals surface area contributed by atoms with Gasteiger partial charge in [0.1, 0.15) is 0 Å². The van der Waals surface area contributed by atoms with Crippen LogP contribution in [-0.2, 0) is 9.53 Å². The van der Waals surface area contributed by atoms with Crippen molar-refractivity contribution < 1.29 is 24.0 Å². The number of esters is 1. The molecule has 0 aliphatic rings. The third-order valence-corrected chi connectivity index (χ3v) is 2.76. The van der Waals surface area contributed by atoms with E-state index in [9.17, 15) is 24.5 Å². The topological polar surface area (TPSA) is 128 Å². The second-order valence-corrected chi connectivity index (χ2v) is 4.64. The predicted octanol–water partition coefficient (Wildman–Crippen LogP) is 1.30. The second-order valence-electron chi connectivity index (χ2n) is 4.64. The lowest BCUT2D eigenvalue weighted by molar-refractivity contribution is -0.385. The van der Waals surface area contributed by atoms with Gasteiger partial charge in [-0.3, -0.25) is 20.2 Å². The van der Waals surface area contributed by atoms with Crippen LogP contribution >= 0.6 is 0 Å². The van der Waals surface area contributed by atoms with Gasteiger partial charge in [0.2, 0.25) is 0 Å². The highest BCUT2D eigenvalue weighted by molar-refractivity contribution is 5.97. The van der Waals surface area contributed by atoms with Crippen molar-refractivity contribution in [1.82, 2.24) is 10.6 Å². The Kier molecular flexibility index (Phi) is 6.66. The Morgan fingerprint density at radius 1 is 1.30 bits per heavy atom. The van der Waals surface area contributed by atoms with Gasteiger partial charge in [0.15, 0.2) is 6.61 Å². The summed E-state index contributed by atoms with van der Waals surface area (Å²) >= 11 is 0. The van der Waals surface area contributed by atoms with Gasteiger partial charge in [-0.1, -0.05) is 13.0 Å². The Bertz CT molecular complexity index is 629. The SMILES string of the molecule is CCCNC(=O)NC(=O)COC(=O)c1ccc(C)c([N+](=O)[O-])c1. The Morgan fingerprint density at radius 3 is 2.61 bits per heavy atom. The van der Waals surface area contributed by atoms with Crippen LogP contribution in [0.25, 0.3) is 0 Å². The average Bonchev–Trinajstić information content (AvgIpc) is 2.50. The summed E-state index contributed by atoms with van der Waals surface area (Å²) in [6.07, 6.45) is 0.711. The van der Waals surface area contributed by atoms with Crippen LogP contribution in [0, 0.1) is 17.0 Å². The zero-order valence-electron chi connectivity index (χ0n) is 12.8. The van der Waals surface area contributed by atoms with Crippen molar-refractivity contribution in [2.45, 2.75) is 20.3 Å². The molecule has 0 aliphatic carbocycles. The molecular formula is C14H17N3O6. The average molecular weight is 323 g/mol. The first-order valence-corrected chi connectivity index (χ1v) is 6.85. The number of nitrogens with zero attached hydrogens (tertiary/aromatic N) is 1. The van der Waals surface area contributed by atoms with E-state index in [-0.39, 0.29) is 11.3 Å². The maximum Gasteiger partial charge on any atom is 0.338 e. The fourth-order valence-electron chi connectivity index (χ4n) is 1.59. The van der Waals surface area contributed by atoms with E-state index in [0.717, 1.165) is 6.07 Å². The minimum atomic E-state index is -0.891. The summed E-state index contributed by atoms with van der Waals surface area (Å²) in [4.78, 5) is 44.6. The first kappa shape index (κ1) is 18.1. The molecule has 2 N–H and O–H groups in total. The third kappa shape index (κ3) is 5.73. The van der Waals surface area contributed by atoms with E-state index in [1.165, 1.54) is 19.1 Å². The lowest BCUT2D eigenvalue weighted by Gasteiger charge is -2.07. The molecule has 0 aliphatic heterocycles. The molecule has 0 unspecified atom stereocenters. The van der Waals surface area contributed by atoms with Gasteiger partial charge in [-0.05, 0) is 19.4 Å². The van der Waals surface area contributed by atoms with E-state index < -0.39 is 29.4 Å². The zero-order valence-corrected chi connectivity index (χ0v) is 12.8. The summed E-state index contributed by atoms with van der Waals surface area (Å²) in [7, 11) is 0. The summed E-state index contributed by atoms with van der Waals surface area (Å²) in [5, 5.41) is 15.2. The normalized spacial score (nSPS) is 9.83. The molecule has 0 saturated heterocycles. The van der Waals surface area contributed by atoms with E-state index >= 15 is 0 Å². The molecule has 0 heterocycles. The van der Waals surface area contributed by atoms with Crippen molar-refractivity contribution in [2.75, 3.05) is 13.2 Å². The predicted molar refractivity (Wildman–Crippen MR) is 79.9 cm³/mol. The monoisotopic (exact) mass is 323 g/mol. The van der Waals surface area contributed by atoms with Crippen molar-refractivity contribution in [2.24, 2.45) is 0 Å². The molecule has 0 atom stereocenters. The number of nitro benzene ring substituents is 1. The Labute approximate surface area is 132 Å². The number of nitro groups is 1. The van der Waals surface area contributed by atoms with Crippen molar-refractivity contribution >= 4 is 23.6 Å². The molecule has 0 radical (unpaired) electrons. The number of imide groups is 1. The van der Waals surface area contributed by atoms with Crippen LogP contribution in [0.5, 0.6) is 0 Å². The summed E-state index contributed by atoms with van der Waals surface area (Å²) in [6, 6.07) is 3.16. The van der Waals surface area contributed by atoms with Crippen molar-refractivity contribution in [3.8, 4) is 0 Å². The van der Waals surface area contributed by atoms with E-state index in [0.29, 0.717) is 18.5 Å². The van der Waals surface area contributed by atoms with E-state index in [1.807, 2.05) is 12.2 Å². The first-order valence-electron chi connectivity index (χ1n) is 6.85. The fourth-order valence-corrected chi connectivity index (χ4v) is 1.59. The summed E-state index contributed by atoms with van der Waals surface area (Å²) < 4.78 is 4.72. The smallest absolute Gasteiger partial charge is 0.338 e. The summed E-state index contributed by atoms with van der Waals surface area (Å²) in [5.41, 5.74) is 0.130. The van der Waals surface area contributed by atoms with Crippen LogP contribution in [0.2, 0.25) is 0 Å². The Balaban J connectivity index is 2.57. The number of carbonyl (C=O) groups excluding carboxylic acids is 3. The number of amides is 3. The number of carbonyl (C=O) groups is 3. The van der Waals surface area contributed by atoms with Gasteiger partial charge in [-0.25, -0.2) is 9.59 Å². The number of nitrogens with one attached hydrogen (secondary N) is 2. The Morgan fingerprint density at radius 2 is 2.00 bits per heavy atom. The van der Waals surface area contributed by atoms with Gasteiger partial charge in [0, 0.05) is 18.2 Å². The highest BCUT2D eigenvalue weighted by Crippen LogP contribution is 2.19. The summed E-state index contributed by atoms with van der Waals surface area (Å²) in [5.74, 6) is -1.69. The number of rotatable bonds is 6. The van der Waals surface area contributed by atoms with E-state index in [2.05, 4.69) is 5.32 Å². The number of aryl methyl sites for hydroxylation is 1. The van der Waals surface area contributed by atoms with Crippen LogP contribution in [0.1, 0.15) is 29.3 Å². The second kappa shape index (κ2) is 8.47. The lowest BCUT2D eigenvalue weighted by atomic mass is 10.1. The van der Waals surface area contributed by atoms with Gasteiger partial charge >= 0.3 is 12.0 Å². The van der Waals surface area contributed by atoms with E-state index in [1.54, 1.807) is 0 Å². The fraction of sp³-hybridized carbons (Fsp3) is 0.357. The van der Waals surface area contributed by atoms with Gasteiger partial charge in [0.25, 0.3) is 11.6 Å². The quantitative estimate of drug-likeness (QED) is 0.461. The zero-order chi connectivity index (χ0) is 17.4. The number of urea groups is 1. The summed E-state index contributed by atoms with van der Waals surface area (Å²) in [6.45, 7) is 3.13. The highest BCUT2D eigenvalue weighted by atomic mass is 16.6. The molecule has 1 aromatic rings.